The van der Waals surface area contributed by atoms with Crippen LogP contribution in [0.15, 0.2) is 47.8 Å². The van der Waals surface area contributed by atoms with E-state index in [0.717, 1.165) is 23.9 Å². The number of nitrogens with one attached hydrogen (secondary N) is 1. The molecule has 0 spiro atoms. The first-order chi connectivity index (χ1) is 13.3. The third-order valence-corrected chi connectivity index (χ3v) is 4.72. The normalized spacial score (nSPS) is 11.4. The number of hydrogen-bond acceptors (Lipinski definition) is 6. The molecule has 3 aromatic rings. The lowest BCUT2D eigenvalue weighted by Gasteiger charge is -2.11. The minimum Gasteiger partial charge on any atom is -0.335 e. The van der Waals surface area contributed by atoms with Crippen LogP contribution in [-0.2, 0) is 11.0 Å². The predicted octanol–water partition coefficient (Wildman–Crippen LogP) is 3.46. The predicted molar refractivity (Wildman–Crippen MR) is 99.2 cm³/mol. The zero-order valence-corrected chi connectivity index (χ0v) is 15.5. The molecule has 2 heterocycles. The van der Waals surface area contributed by atoms with Gasteiger partial charge in [-0.15, -0.1) is 10.2 Å². The number of halogens is 4. The highest BCUT2D eigenvalue weighted by Gasteiger charge is 2.33. The second-order valence-electron chi connectivity index (χ2n) is 5.42. The molecular weight excluding hydrogens is 417 g/mol. The molecule has 1 amide bonds. The summed E-state index contributed by atoms with van der Waals surface area (Å²) >= 11 is 6.53. The van der Waals surface area contributed by atoms with Crippen LogP contribution < -0.4 is 11.2 Å². The molecule has 146 valence electrons. The van der Waals surface area contributed by atoms with Crippen LogP contribution in [0.5, 0.6) is 0 Å². The molecule has 0 bridgehead atoms. The Morgan fingerprint density at radius 1 is 1.25 bits per heavy atom. The van der Waals surface area contributed by atoms with Gasteiger partial charge in [0.2, 0.25) is 16.9 Å². The molecular formula is C16H12ClF3N6OS. The second-order valence-corrected chi connectivity index (χ2v) is 6.77. The Morgan fingerprint density at radius 3 is 2.71 bits per heavy atom. The number of nitrogens with zero attached hydrogens (tertiary/aromatic N) is 4. The molecule has 0 aliphatic rings. The lowest BCUT2D eigenvalue weighted by Crippen LogP contribution is -2.17. The average molecular weight is 429 g/mol. The Labute approximate surface area is 166 Å². The molecule has 0 radical (unpaired) electrons. The van der Waals surface area contributed by atoms with Gasteiger partial charge in [-0.1, -0.05) is 29.4 Å². The third kappa shape index (κ3) is 4.54. The van der Waals surface area contributed by atoms with E-state index < -0.39 is 22.7 Å². The Morgan fingerprint density at radius 2 is 2.04 bits per heavy atom. The van der Waals surface area contributed by atoms with E-state index in [-0.39, 0.29) is 16.6 Å². The lowest BCUT2D eigenvalue weighted by atomic mass is 10.2. The number of benzene rings is 1. The Hall–Kier alpha value is -2.79. The van der Waals surface area contributed by atoms with Crippen molar-refractivity contribution < 1.29 is 18.0 Å². The summed E-state index contributed by atoms with van der Waals surface area (Å²) in [4.78, 5) is 16.2. The van der Waals surface area contributed by atoms with E-state index in [0.29, 0.717) is 11.5 Å². The average Bonchev–Trinajstić information content (AvgIpc) is 3.02. The monoisotopic (exact) mass is 428 g/mol. The van der Waals surface area contributed by atoms with E-state index in [2.05, 4.69) is 20.5 Å². The van der Waals surface area contributed by atoms with Crippen LogP contribution in [0.3, 0.4) is 0 Å². The van der Waals surface area contributed by atoms with Crippen molar-refractivity contribution >= 4 is 35.0 Å². The largest absolute Gasteiger partial charge is 0.417 e. The number of aromatic nitrogens is 4. The van der Waals surface area contributed by atoms with Crippen LogP contribution in [-0.4, -0.2) is 31.5 Å². The fourth-order valence-corrected chi connectivity index (χ4v) is 3.07. The highest BCUT2D eigenvalue weighted by atomic mass is 35.5. The summed E-state index contributed by atoms with van der Waals surface area (Å²) in [6.45, 7) is 0. The van der Waals surface area contributed by atoms with Crippen molar-refractivity contribution in [2.24, 2.45) is 0 Å². The number of alkyl halides is 3. The standard InChI is InChI=1S/C16H12ClF3N6OS/c17-11-5-4-9(7-10(11)16(18,19)20)23-13(27)8-28-15-25-24-14(26(15)21)12-3-1-2-6-22-12/h1-7H,8,21H2,(H,23,27). The summed E-state index contributed by atoms with van der Waals surface area (Å²) in [6, 6.07) is 8.33. The van der Waals surface area contributed by atoms with Crippen molar-refractivity contribution in [3.05, 3.63) is 53.2 Å². The molecule has 28 heavy (non-hydrogen) atoms. The van der Waals surface area contributed by atoms with Gasteiger partial charge in [-0.05, 0) is 30.3 Å². The fourth-order valence-electron chi connectivity index (χ4n) is 2.19. The SMILES string of the molecule is Nn1c(SCC(=O)Nc2ccc(Cl)c(C(F)(F)F)c2)nnc1-c1ccccn1. The van der Waals surface area contributed by atoms with Gasteiger partial charge in [0, 0.05) is 11.9 Å². The highest BCUT2D eigenvalue weighted by molar-refractivity contribution is 7.99. The molecule has 12 heteroatoms. The number of pyridine rings is 1. The lowest BCUT2D eigenvalue weighted by molar-refractivity contribution is -0.137. The number of carbonyl (C=O) groups excluding carboxylic acids is 1. The summed E-state index contributed by atoms with van der Waals surface area (Å²) in [6.07, 6.45) is -3.05. The maximum atomic E-state index is 12.9. The van der Waals surface area contributed by atoms with Crippen molar-refractivity contribution in [3.8, 4) is 11.5 Å². The summed E-state index contributed by atoms with van der Waals surface area (Å²) in [7, 11) is 0. The van der Waals surface area contributed by atoms with Gasteiger partial charge in [0.25, 0.3) is 0 Å². The van der Waals surface area contributed by atoms with Crippen molar-refractivity contribution in [2.75, 3.05) is 16.9 Å². The van der Waals surface area contributed by atoms with Gasteiger partial charge in [0.05, 0.1) is 16.3 Å². The minimum absolute atomic E-state index is 0.0225. The van der Waals surface area contributed by atoms with Gasteiger partial charge in [-0.2, -0.15) is 13.2 Å². The smallest absolute Gasteiger partial charge is 0.335 e. The van der Waals surface area contributed by atoms with Crippen LogP contribution in [0.25, 0.3) is 11.5 Å². The molecule has 0 saturated heterocycles. The van der Waals surface area contributed by atoms with Crippen molar-refractivity contribution in [1.82, 2.24) is 19.9 Å². The Kier molecular flexibility index (Phi) is 5.75. The van der Waals surface area contributed by atoms with Gasteiger partial charge >= 0.3 is 6.18 Å². The van der Waals surface area contributed by atoms with Crippen LogP contribution in [0.1, 0.15) is 5.56 Å². The molecule has 3 N–H and O–H groups in total. The summed E-state index contributed by atoms with van der Waals surface area (Å²) < 4.78 is 39.8. The minimum atomic E-state index is -4.62. The maximum absolute atomic E-state index is 12.9. The highest BCUT2D eigenvalue weighted by Crippen LogP contribution is 2.36. The molecule has 3 rings (SSSR count). The van der Waals surface area contributed by atoms with Gasteiger partial charge in [0.15, 0.2) is 0 Å². The third-order valence-electron chi connectivity index (χ3n) is 3.45. The molecule has 0 unspecified atom stereocenters. The van der Waals surface area contributed by atoms with Gasteiger partial charge in [-0.25, -0.2) is 4.68 Å². The molecule has 7 nitrogen and oxygen atoms in total. The van der Waals surface area contributed by atoms with Gasteiger partial charge < -0.3 is 11.2 Å². The molecule has 0 aliphatic carbocycles. The summed E-state index contributed by atoms with van der Waals surface area (Å²) in [5, 5.41) is 10.0. The van der Waals surface area contributed by atoms with Crippen LogP contribution >= 0.6 is 23.4 Å². The number of thioether (sulfide) groups is 1. The maximum Gasteiger partial charge on any atom is 0.417 e. The molecule has 0 fully saturated rings. The zero-order chi connectivity index (χ0) is 20.3. The number of amides is 1. The Bertz CT molecular complexity index is 996. The van der Waals surface area contributed by atoms with Gasteiger partial charge in [-0.3, -0.25) is 9.78 Å². The number of nitrogen functional groups attached to an aromatic ring is 1. The molecule has 2 aromatic heterocycles. The fraction of sp³-hybridized carbons (Fsp3) is 0.125. The molecule has 1 aromatic carbocycles. The van der Waals surface area contributed by atoms with E-state index in [1.54, 1.807) is 24.4 Å². The van der Waals surface area contributed by atoms with Crippen LogP contribution in [0.4, 0.5) is 18.9 Å². The van der Waals surface area contributed by atoms with E-state index in [9.17, 15) is 18.0 Å². The van der Waals surface area contributed by atoms with E-state index in [1.165, 1.54) is 10.7 Å². The zero-order valence-electron chi connectivity index (χ0n) is 13.9. The number of hydrogen-bond donors (Lipinski definition) is 2. The topological polar surface area (TPSA) is 98.7 Å². The second kappa shape index (κ2) is 8.07. The molecule has 0 atom stereocenters. The Balaban J connectivity index is 1.65. The van der Waals surface area contributed by atoms with Crippen molar-refractivity contribution in [1.29, 1.82) is 0 Å². The van der Waals surface area contributed by atoms with Crippen LogP contribution in [0.2, 0.25) is 5.02 Å². The number of anilines is 1. The van der Waals surface area contributed by atoms with Crippen molar-refractivity contribution in [2.45, 2.75) is 11.3 Å². The van der Waals surface area contributed by atoms with Crippen molar-refractivity contribution in [3.63, 3.8) is 0 Å². The summed E-state index contributed by atoms with van der Waals surface area (Å²) in [5.41, 5.74) is -0.540. The number of rotatable bonds is 5. The first-order valence-corrected chi connectivity index (χ1v) is 9.03. The van der Waals surface area contributed by atoms with E-state index in [1.807, 2.05) is 0 Å². The number of carbonyl (C=O) groups is 1. The first kappa shape index (κ1) is 20.0. The number of nitrogens with two attached hydrogens (primary N) is 1. The molecule has 0 aliphatic heterocycles. The molecule has 0 saturated carbocycles. The van der Waals surface area contributed by atoms with Gasteiger partial charge in [0.1, 0.15) is 5.69 Å². The van der Waals surface area contributed by atoms with E-state index >= 15 is 0 Å². The van der Waals surface area contributed by atoms with E-state index in [4.69, 9.17) is 17.4 Å². The van der Waals surface area contributed by atoms with Crippen LogP contribution in [0, 0.1) is 0 Å². The first-order valence-electron chi connectivity index (χ1n) is 7.67. The quantitative estimate of drug-likeness (QED) is 0.477. The summed E-state index contributed by atoms with van der Waals surface area (Å²) in [5.74, 6) is 5.56.